The lowest BCUT2D eigenvalue weighted by molar-refractivity contribution is -0.124. The van der Waals surface area contributed by atoms with Crippen LogP contribution in [0.4, 0.5) is 0 Å². The van der Waals surface area contributed by atoms with Crippen molar-refractivity contribution in [3.63, 3.8) is 0 Å². The molecule has 1 aromatic carbocycles. The van der Waals surface area contributed by atoms with Crippen molar-refractivity contribution in [2.24, 2.45) is 0 Å². The Balaban J connectivity index is 2.95. The van der Waals surface area contributed by atoms with Crippen LogP contribution >= 0.6 is 0 Å². The third kappa shape index (κ3) is 2.07. The molecule has 72 valence electrons. The minimum Gasteiger partial charge on any atom is -0.274 e. The third-order valence-electron chi connectivity index (χ3n) is 1.76. The van der Waals surface area contributed by atoms with Gasteiger partial charge in [-0.2, -0.15) is 0 Å². The zero-order chi connectivity index (χ0) is 10.6. The third-order valence-corrected chi connectivity index (χ3v) is 1.76. The fraction of sp³-hybridized carbons (Fsp3) is 0.0909. The van der Waals surface area contributed by atoms with Gasteiger partial charge in [0, 0.05) is 18.7 Å². The highest BCUT2D eigenvalue weighted by molar-refractivity contribution is 6.04. The molecule has 0 spiro atoms. The molecule has 0 aliphatic carbocycles. The molecular formula is C11H11NO2. The average molecular weight is 189 g/mol. The van der Waals surface area contributed by atoms with E-state index >= 15 is 0 Å². The summed E-state index contributed by atoms with van der Waals surface area (Å²) in [7, 11) is 0. The lowest BCUT2D eigenvalue weighted by Gasteiger charge is -2.13. The maximum Gasteiger partial charge on any atom is 0.264 e. The van der Waals surface area contributed by atoms with Crippen LogP contribution in [0.15, 0.2) is 43.1 Å². The molecular weight excluding hydrogens is 178 g/mol. The first-order valence-corrected chi connectivity index (χ1v) is 4.18. The van der Waals surface area contributed by atoms with E-state index in [4.69, 9.17) is 0 Å². The number of rotatable bonds is 2. The molecule has 0 saturated heterocycles. The van der Waals surface area contributed by atoms with Gasteiger partial charge in [0.25, 0.3) is 5.91 Å². The van der Waals surface area contributed by atoms with Gasteiger partial charge in [-0.3, -0.25) is 14.5 Å². The van der Waals surface area contributed by atoms with Crippen molar-refractivity contribution in [1.29, 1.82) is 0 Å². The zero-order valence-electron chi connectivity index (χ0n) is 7.93. The van der Waals surface area contributed by atoms with Gasteiger partial charge in [0.05, 0.1) is 0 Å². The van der Waals surface area contributed by atoms with E-state index < -0.39 is 0 Å². The van der Waals surface area contributed by atoms with Crippen LogP contribution in [-0.4, -0.2) is 16.7 Å². The Labute approximate surface area is 82.6 Å². The fourth-order valence-corrected chi connectivity index (χ4v) is 1.07. The summed E-state index contributed by atoms with van der Waals surface area (Å²) in [6.45, 7) is 4.74. The summed E-state index contributed by atoms with van der Waals surface area (Å²) in [5.74, 6) is -0.693. The summed E-state index contributed by atoms with van der Waals surface area (Å²) in [6, 6.07) is 8.61. The maximum atomic E-state index is 11.7. The second kappa shape index (κ2) is 4.37. The fourth-order valence-electron chi connectivity index (χ4n) is 1.07. The number of nitrogens with zero attached hydrogens (tertiary/aromatic N) is 1. The minimum absolute atomic E-state index is 0.339. The Morgan fingerprint density at radius 3 is 2.29 bits per heavy atom. The largest absolute Gasteiger partial charge is 0.274 e. The number of benzene rings is 1. The molecule has 2 amide bonds. The standard InChI is InChI=1S/C11H11NO2/c1-3-12(9(2)13)11(14)10-7-5-4-6-8-10/h3-8H,1H2,2H3. The summed E-state index contributed by atoms with van der Waals surface area (Å²) in [5.41, 5.74) is 0.475. The molecule has 0 bridgehead atoms. The van der Waals surface area contributed by atoms with Gasteiger partial charge in [-0.05, 0) is 12.1 Å². The number of hydrogen-bond donors (Lipinski definition) is 0. The molecule has 0 saturated carbocycles. The molecule has 0 heterocycles. The molecule has 0 unspecified atom stereocenters. The Morgan fingerprint density at radius 2 is 1.86 bits per heavy atom. The highest BCUT2D eigenvalue weighted by atomic mass is 16.2. The molecule has 0 fully saturated rings. The van der Waals surface area contributed by atoms with Crippen LogP contribution in [0.5, 0.6) is 0 Å². The molecule has 3 nitrogen and oxygen atoms in total. The quantitative estimate of drug-likeness (QED) is 0.711. The van der Waals surface area contributed by atoms with E-state index in [-0.39, 0.29) is 11.8 Å². The Morgan fingerprint density at radius 1 is 1.29 bits per heavy atom. The predicted molar refractivity (Wildman–Crippen MR) is 53.5 cm³/mol. The Kier molecular flexibility index (Phi) is 3.18. The molecule has 3 heteroatoms. The average Bonchev–Trinajstić information content (AvgIpc) is 2.19. The highest BCUT2D eigenvalue weighted by Gasteiger charge is 2.15. The van der Waals surface area contributed by atoms with Crippen LogP contribution in [0.1, 0.15) is 17.3 Å². The summed E-state index contributed by atoms with van der Waals surface area (Å²) in [5, 5.41) is 0. The van der Waals surface area contributed by atoms with Crippen molar-refractivity contribution in [3.8, 4) is 0 Å². The lowest BCUT2D eigenvalue weighted by atomic mass is 10.2. The lowest BCUT2D eigenvalue weighted by Crippen LogP contribution is -2.29. The van der Waals surface area contributed by atoms with Crippen molar-refractivity contribution in [2.75, 3.05) is 0 Å². The van der Waals surface area contributed by atoms with Gasteiger partial charge in [0.2, 0.25) is 5.91 Å². The van der Waals surface area contributed by atoms with Gasteiger partial charge < -0.3 is 0 Å². The number of amides is 2. The zero-order valence-corrected chi connectivity index (χ0v) is 7.93. The number of imide groups is 1. The van der Waals surface area contributed by atoms with Crippen LogP contribution < -0.4 is 0 Å². The van der Waals surface area contributed by atoms with E-state index in [0.29, 0.717) is 5.56 Å². The topological polar surface area (TPSA) is 37.4 Å². The number of carbonyl (C=O) groups is 2. The number of hydrogen-bond acceptors (Lipinski definition) is 2. The number of carbonyl (C=O) groups excluding carboxylic acids is 2. The van der Waals surface area contributed by atoms with Gasteiger partial charge in [0.15, 0.2) is 0 Å². The molecule has 0 aliphatic heterocycles. The summed E-state index contributed by atoms with van der Waals surface area (Å²) >= 11 is 0. The molecule has 0 atom stereocenters. The Bertz CT molecular complexity index is 357. The van der Waals surface area contributed by atoms with Crippen LogP contribution in [0.25, 0.3) is 0 Å². The van der Waals surface area contributed by atoms with Gasteiger partial charge in [-0.1, -0.05) is 24.8 Å². The van der Waals surface area contributed by atoms with E-state index in [9.17, 15) is 9.59 Å². The predicted octanol–water partition coefficient (Wildman–Crippen LogP) is 1.82. The van der Waals surface area contributed by atoms with E-state index in [1.807, 2.05) is 6.07 Å². The van der Waals surface area contributed by atoms with Crippen molar-refractivity contribution in [1.82, 2.24) is 4.90 Å². The van der Waals surface area contributed by atoms with Gasteiger partial charge >= 0.3 is 0 Å². The molecule has 14 heavy (non-hydrogen) atoms. The smallest absolute Gasteiger partial charge is 0.264 e. The highest BCUT2D eigenvalue weighted by Crippen LogP contribution is 2.04. The summed E-state index contributed by atoms with van der Waals surface area (Å²) in [6.07, 6.45) is 1.22. The normalized spacial score (nSPS) is 9.21. The van der Waals surface area contributed by atoms with Crippen LogP contribution in [0.2, 0.25) is 0 Å². The van der Waals surface area contributed by atoms with E-state index in [2.05, 4.69) is 6.58 Å². The first-order chi connectivity index (χ1) is 6.66. The maximum absolute atomic E-state index is 11.7. The SMILES string of the molecule is C=CN(C(C)=O)C(=O)c1ccccc1. The summed E-state index contributed by atoms with van der Waals surface area (Å²) < 4.78 is 0. The van der Waals surface area contributed by atoms with Crippen molar-refractivity contribution >= 4 is 11.8 Å². The van der Waals surface area contributed by atoms with E-state index in [1.54, 1.807) is 24.3 Å². The second-order valence-corrected chi connectivity index (χ2v) is 2.74. The molecule has 0 aliphatic rings. The first kappa shape index (κ1) is 10.2. The Hall–Kier alpha value is -1.90. The van der Waals surface area contributed by atoms with Crippen molar-refractivity contribution < 1.29 is 9.59 Å². The molecule has 1 aromatic rings. The first-order valence-electron chi connectivity index (χ1n) is 4.18. The van der Waals surface area contributed by atoms with Gasteiger partial charge in [-0.15, -0.1) is 0 Å². The van der Waals surface area contributed by atoms with E-state index in [1.165, 1.54) is 13.1 Å². The molecule has 0 aromatic heterocycles. The second-order valence-electron chi connectivity index (χ2n) is 2.74. The van der Waals surface area contributed by atoms with Gasteiger partial charge in [-0.25, -0.2) is 0 Å². The molecule has 1 rings (SSSR count). The summed E-state index contributed by atoms with van der Waals surface area (Å²) in [4.78, 5) is 23.7. The van der Waals surface area contributed by atoms with Crippen LogP contribution in [0, 0.1) is 0 Å². The van der Waals surface area contributed by atoms with Gasteiger partial charge in [0.1, 0.15) is 0 Å². The van der Waals surface area contributed by atoms with Crippen molar-refractivity contribution in [3.05, 3.63) is 48.7 Å². The molecule has 0 radical (unpaired) electrons. The minimum atomic E-state index is -0.354. The van der Waals surface area contributed by atoms with Crippen LogP contribution in [-0.2, 0) is 4.79 Å². The monoisotopic (exact) mass is 189 g/mol. The van der Waals surface area contributed by atoms with E-state index in [0.717, 1.165) is 4.90 Å². The van der Waals surface area contributed by atoms with Crippen molar-refractivity contribution in [2.45, 2.75) is 6.92 Å². The molecule has 0 N–H and O–H groups in total. The van der Waals surface area contributed by atoms with Crippen LogP contribution in [0.3, 0.4) is 0 Å².